The van der Waals surface area contributed by atoms with Gasteiger partial charge in [0.1, 0.15) is 0 Å². The second-order valence-electron chi connectivity index (χ2n) is 4.78. The van der Waals surface area contributed by atoms with Gasteiger partial charge in [-0.05, 0) is 32.0 Å². The summed E-state index contributed by atoms with van der Waals surface area (Å²) in [6.45, 7) is 3.85. The summed E-state index contributed by atoms with van der Waals surface area (Å²) in [5, 5.41) is 3.39. The minimum Gasteiger partial charge on any atom is -0.336 e. The van der Waals surface area contributed by atoms with Gasteiger partial charge in [0.2, 0.25) is 5.91 Å². The second-order valence-corrected chi connectivity index (χ2v) is 5.62. The molecule has 1 aromatic rings. The van der Waals surface area contributed by atoms with Gasteiger partial charge in [-0.15, -0.1) is 0 Å². The van der Waals surface area contributed by atoms with Crippen LogP contribution in [0.1, 0.15) is 13.8 Å². The Bertz CT molecular complexity index is 529. The number of nitrogens with one attached hydrogen (secondary N) is 1. The molecule has 1 saturated heterocycles. The molecule has 6 heteroatoms. The Kier molecular flexibility index (Phi) is 3.25. The summed E-state index contributed by atoms with van der Waals surface area (Å²) in [5.41, 5.74) is -0.312. The van der Waals surface area contributed by atoms with Gasteiger partial charge in [-0.25, -0.2) is 9.69 Å². The Labute approximate surface area is 115 Å². The fourth-order valence-electron chi connectivity index (χ4n) is 1.73. The van der Waals surface area contributed by atoms with Crippen molar-refractivity contribution in [2.24, 2.45) is 5.41 Å². The highest BCUT2D eigenvalue weighted by Crippen LogP contribution is 2.33. The maximum Gasteiger partial charge on any atom is 0.328 e. The van der Waals surface area contributed by atoms with Gasteiger partial charge in [-0.2, -0.15) is 0 Å². The van der Waals surface area contributed by atoms with Crippen LogP contribution in [0.2, 0.25) is 10.0 Å². The fraction of sp³-hybridized carbons (Fsp3) is 0.333. The minimum absolute atomic E-state index is 0.267. The van der Waals surface area contributed by atoms with E-state index in [0.29, 0.717) is 17.3 Å². The van der Waals surface area contributed by atoms with Gasteiger partial charge in [-0.1, -0.05) is 23.2 Å². The van der Waals surface area contributed by atoms with Gasteiger partial charge < -0.3 is 5.32 Å². The van der Waals surface area contributed by atoms with Gasteiger partial charge in [0.05, 0.1) is 16.1 Å². The maximum atomic E-state index is 12.3. The van der Waals surface area contributed by atoms with E-state index in [4.69, 9.17) is 23.2 Å². The van der Waals surface area contributed by atoms with Crippen LogP contribution in [0.3, 0.4) is 0 Å². The number of amides is 3. The maximum absolute atomic E-state index is 12.3. The van der Waals surface area contributed by atoms with Crippen molar-refractivity contribution in [1.82, 2.24) is 5.32 Å². The van der Waals surface area contributed by atoms with E-state index in [9.17, 15) is 9.59 Å². The predicted octanol–water partition coefficient (Wildman–Crippen LogP) is 3.08. The Balaban J connectivity index is 2.47. The number of imide groups is 1. The summed E-state index contributed by atoms with van der Waals surface area (Å²) in [5.74, 6) is -0.282. The third-order valence-electron chi connectivity index (χ3n) is 2.82. The Morgan fingerprint density at radius 2 is 1.94 bits per heavy atom. The molecule has 1 aliphatic rings. The normalized spacial score (nSPS) is 18.8. The summed E-state index contributed by atoms with van der Waals surface area (Å²) in [4.78, 5) is 25.2. The van der Waals surface area contributed by atoms with E-state index in [2.05, 4.69) is 5.32 Å². The largest absolute Gasteiger partial charge is 0.336 e. The van der Waals surface area contributed by atoms with Crippen molar-refractivity contribution < 1.29 is 9.59 Å². The average Bonchev–Trinajstić information content (AvgIpc) is 2.28. The van der Waals surface area contributed by atoms with Gasteiger partial charge in [0.15, 0.2) is 0 Å². The molecule has 96 valence electrons. The zero-order valence-corrected chi connectivity index (χ0v) is 11.5. The van der Waals surface area contributed by atoms with Crippen LogP contribution in [0.25, 0.3) is 0 Å². The summed E-state index contributed by atoms with van der Waals surface area (Å²) in [6.07, 6.45) is 0. The standard InChI is InChI=1S/C12H12Cl2N2O2/c1-12(2)6-15-11(18)16(10(12)17)9-4-3-7(13)5-8(9)14/h3-5H,6H2,1-2H3,(H,15,18). The third-order valence-corrected chi connectivity index (χ3v) is 3.36. The zero-order chi connectivity index (χ0) is 13.5. The van der Waals surface area contributed by atoms with Crippen LogP contribution in [-0.2, 0) is 4.79 Å². The molecule has 3 amide bonds. The first-order valence-corrected chi connectivity index (χ1v) is 6.16. The highest BCUT2D eigenvalue weighted by atomic mass is 35.5. The monoisotopic (exact) mass is 286 g/mol. The van der Waals surface area contributed by atoms with Crippen molar-refractivity contribution in [3.63, 3.8) is 0 Å². The molecule has 2 rings (SSSR count). The molecule has 4 nitrogen and oxygen atoms in total. The molecule has 1 aromatic carbocycles. The molecule has 0 unspecified atom stereocenters. The van der Waals surface area contributed by atoms with Crippen LogP contribution < -0.4 is 10.2 Å². The number of carbonyl (C=O) groups is 2. The van der Waals surface area contributed by atoms with E-state index in [1.54, 1.807) is 26.0 Å². The van der Waals surface area contributed by atoms with Crippen molar-refractivity contribution >= 4 is 40.8 Å². The van der Waals surface area contributed by atoms with Crippen LogP contribution in [0.4, 0.5) is 10.5 Å². The topological polar surface area (TPSA) is 49.4 Å². The number of hydrogen-bond donors (Lipinski definition) is 1. The molecule has 0 spiro atoms. The van der Waals surface area contributed by atoms with Crippen LogP contribution in [0.15, 0.2) is 18.2 Å². The van der Waals surface area contributed by atoms with Gasteiger partial charge in [-0.3, -0.25) is 4.79 Å². The quantitative estimate of drug-likeness (QED) is 0.863. The molecule has 0 aliphatic carbocycles. The van der Waals surface area contributed by atoms with Crippen molar-refractivity contribution in [2.75, 3.05) is 11.4 Å². The molecule has 1 fully saturated rings. The number of benzene rings is 1. The molecule has 0 atom stereocenters. The number of rotatable bonds is 1. The van der Waals surface area contributed by atoms with Crippen molar-refractivity contribution in [1.29, 1.82) is 0 Å². The van der Waals surface area contributed by atoms with Crippen LogP contribution >= 0.6 is 23.2 Å². The average molecular weight is 287 g/mol. The molecule has 18 heavy (non-hydrogen) atoms. The number of carbonyl (C=O) groups excluding carboxylic acids is 2. The van der Waals surface area contributed by atoms with E-state index < -0.39 is 11.4 Å². The number of hydrogen-bond acceptors (Lipinski definition) is 2. The number of halogens is 2. The first kappa shape index (κ1) is 13.2. The lowest BCUT2D eigenvalue weighted by molar-refractivity contribution is -0.126. The Morgan fingerprint density at radius 1 is 1.28 bits per heavy atom. The SMILES string of the molecule is CC1(C)CNC(=O)N(c2ccc(Cl)cc2Cl)C1=O. The van der Waals surface area contributed by atoms with E-state index in [-0.39, 0.29) is 10.9 Å². The summed E-state index contributed by atoms with van der Waals surface area (Å²) >= 11 is 11.8. The Morgan fingerprint density at radius 3 is 2.56 bits per heavy atom. The van der Waals surface area contributed by atoms with E-state index in [1.165, 1.54) is 6.07 Å². The second kappa shape index (κ2) is 4.44. The molecule has 1 heterocycles. The van der Waals surface area contributed by atoms with Crippen LogP contribution in [0, 0.1) is 5.41 Å². The lowest BCUT2D eigenvalue weighted by atomic mass is 9.89. The van der Waals surface area contributed by atoms with Crippen molar-refractivity contribution in [3.8, 4) is 0 Å². The molecule has 0 bridgehead atoms. The molecule has 0 saturated carbocycles. The molecule has 0 radical (unpaired) electrons. The van der Waals surface area contributed by atoms with E-state index in [0.717, 1.165) is 4.90 Å². The predicted molar refractivity (Wildman–Crippen MR) is 71.1 cm³/mol. The molecular formula is C12H12Cl2N2O2. The number of anilines is 1. The number of nitrogens with zero attached hydrogens (tertiary/aromatic N) is 1. The van der Waals surface area contributed by atoms with E-state index >= 15 is 0 Å². The van der Waals surface area contributed by atoms with Crippen molar-refractivity contribution in [2.45, 2.75) is 13.8 Å². The smallest absolute Gasteiger partial charge is 0.328 e. The lowest BCUT2D eigenvalue weighted by Gasteiger charge is -2.36. The molecular weight excluding hydrogens is 275 g/mol. The highest BCUT2D eigenvalue weighted by Gasteiger charge is 2.41. The molecule has 0 aromatic heterocycles. The highest BCUT2D eigenvalue weighted by molar-refractivity contribution is 6.37. The van der Waals surface area contributed by atoms with Crippen LogP contribution in [-0.4, -0.2) is 18.5 Å². The number of urea groups is 1. The van der Waals surface area contributed by atoms with Gasteiger partial charge >= 0.3 is 6.03 Å². The lowest BCUT2D eigenvalue weighted by Crippen LogP contribution is -2.59. The summed E-state index contributed by atoms with van der Waals surface area (Å²) in [7, 11) is 0. The first-order chi connectivity index (χ1) is 8.33. The summed E-state index contributed by atoms with van der Waals surface area (Å²) in [6, 6.07) is 4.18. The third kappa shape index (κ3) is 2.18. The fourth-order valence-corrected chi connectivity index (χ4v) is 2.22. The van der Waals surface area contributed by atoms with Crippen LogP contribution in [0.5, 0.6) is 0 Å². The molecule has 1 N–H and O–H groups in total. The van der Waals surface area contributed by atoms with Crippen molar-refractivity contribution in [3.05, 3.63) is 28.2 Å². The zero-order valence-electron chi connectivity index (χ0n) is 9.96. The minimum atomic E-state index is -0.656. The molecule has 1 aliphatic heterocycles. The van der Waals surface area contributed by atoms with E-state index in [1.807, 2.05) is 0 Å². The van der Waals surface area contributed by atoms with Gasteiger partial charge in [0, 0.05) is 11.6 Å². The first-order valence-electron chi connectivity index (χ1n) is 5.40. The van der Waals surface area contributed by atoms with Gasteiger partial charge in [0.25, 0.3) is 0 Å². The summed E-state index contributed by atoms with van der Waals surface area (Å²) < 4.78 is 0. The Hall–Kier alpha value is -1.26.